The molecule has 1 heterocycles. The molecule has 34 heavy (non-hydrogen) atoms. The van der Waals surface area contributed by atoms with E-state index in [4.69, 9.17) is 9.97 Å². The number of hydrogen-bond donors (Lipinski definition) is 2. The summed E-state index contributed by atoms with van der Waals surface area (Å²) in [5, 5.41) is 13.6. The number of aliphatic imine (C=N–C) groups is 1. The van der Waals surface area contributed by atoms with Gasteiger partial charge < -0.3 is 15.3 Å². The molecule has 3 rings (SSSR count). The number of hydrogen-bond acceptors (Lipinski definition) is 6. The lowest BCUT2D eigenvalue weighted by Gasteiger charge is -2.26. The molecule has 1 aliphatic carbocycles. The van der Waals surface area contributed by atoms with Crippen molar-refractivity contribution in [3.8, 4) is 11.4 Å². The first kappa shape index (κ1) is 25.4. The normalized spacial score (nSPS) is 19.3. The molecule has 0 aliphatic heterocycles. The SMILES string of the molecule is C=C/C(=C\N(C)C)c1cccc(-c2ncc(C(/C=C\C)=NC)c(NCC3CCCC(O)C3)n2)c1. The van der Waals surface area contributed by atoms with E-state index in [9.17, 15) is 5.11 Å². The summed E-state index contributed by atoms with van der Waals surface area (Å²) in [7, 11) is 5.77. The molecule has 2 N–H and O–H groups in total. The van der Waals surface area contributed by atoms with Crippen LogP contribution in [0.25, 0.3) is 17.0 Å². The van der Waals surface area contributed by atoms with Gasteiger partial charge in [-0.05, 0) is 55.4 Å². The second-order valence-corrected chi connectivity index (χ2v) is 8.97. The fourth-order valence-corrected chi connectivity index (χ4v) is 4.34. The van der Waals surface area contributed by atoms with Gasteiger partial charge in [0, 0.05) is 45.6 Å². The maximum absolute atomic E-state index is 10.1. The van der Waals surface area contributed by atoms with Gasteiger partial charge >= 0.3 is 0 Å². The second-order valence-electron chi connectivity index (χ2n) is 8.97. The molecule has 2 unspecified atom stereocenters. The molecule has 0 radical (unpaired) electrons. The molecule has 1 fully saturated rings. The highest BCUT2D eigenvalue weighted by atomic mass is 16.3. The molecule has 180 valence electrons. The van der Waals surface area contributed by atoms with E-state index in [1.165, 1.54) is 0 Å². The summed E-state index contributed by atoms with van der Waals surface area (Å²) in [5.41, 5.74) is 4.73. The third kappa shape index (κ3) is 6.64. The third-order valence-corrected chi connectivity index (χ3v) is 6.01. The molecular formula is C28H37N5O. The molecule has 0 bridgehead atoms. The number of aliphatic hydroxyl groups is 1. The quantitative estimate of drug-likeness (QED) is 0.399. The Hall–Kier alpha value is -3.25. The molecule has 1 aromatic heterocycles. The topological polar surface area (TPSA) is 73.6 Å². The summed E-state index contributed by atoms with van der Waals surface area (Å²) in [6.45, 7) is 6.70. The van der Waals surface area contributed by atoms with Crippen LogP contribution in [0.1, 0.15) is 43.7 Å². The Morgan fingerprint density at radius 3 is 2.82 bits per heavy atom. The fourth-order valence-electron chi connectivity index (χ4n) is 4.34. The Morgan fingerprint density at radius 1 is 1.32 bits per heavy atom. The standard InChI is InChI=1S/C28H37N5O/c1-6-10-26(29-3)25-18-31-27(32-28(25)30-17-20-11-8-14-24(34)15-20)23-13-9-12-22(16-23)21(7-2)19-33(4)5/h6-7,9-10,12-13,16,18-20,24,34H,2,8,11,14-15,17H2,1,3-5H3,(H,30,31,32)/b10-6-,21-19+,29-26?. The minimum absolute atomic E-state index is 0.200. The van der Waals surface area contributed by atoms with E-state index >= 15 is 0 Å². The van der Waals surface area contributed by atoms with Crippen molar-refractivity contribution in [1.29, 1.82) is 0 Å². The predicted octanol–water partition coefficient (Wildman–Crippen LogP) is 5.19. The van der Waals surface area contributed by atoms with Crippen LogP contribution < -0.4 is 5.32 Å². The van der Waals surface area contributed by atoms with Crippen LogP contribution in [0.4, 0.5) is 5.82 Å². The zero-order valence-corrected chi connectivity index (χ0v) is 20.8. The molecule has 0 saturated heterocycles. The summed E-state index contributed by atoms with van der Waals surface area (Å²) in [4.78, 5) is 16.1. The van der Waals surface area contributed by atoms with E-state index in [0.717, 1.165) is 66.0 Å². The number of allylic oxidation sites excluding steroid dienone is 4. The number of benzene rings is 1. The molecule has 1 aromatic carbocycles. The first-order chi connectivity index (χ1) is 16.4. The summed E-state index contributed by atoms with van der Waals surface area (Å²) in [6.07, 6.45) is 13.4. The molecule has 0 spiro atoms. The first-order valence-corrected chi connectivity index (χ1v) is 12.0. The molecule has 6 heteroatoms. The average Bonchev–Trinajstić information content (AvgIpc) is 2.84. The molecule has 1 aliphatic rings. The first-order valence-electron chi connectivity index (χ1n) is 12.0. The number of aliphatic hydroxyl groups excluding tert-OH is 1. The molecular weight excluding hydrogens is 422 g/mol. The van der Waals surface area contributed by atoms with Crippen LogP contribution in [-0.4, -0.2) is 59.5 Å². The Bertz CT molecular complexity index is 1070. The van der Waals surface area contributed by atoms with Gasteiger partial charge in [-0.1, -0.05) is 43.4 Å². The van der Waals surface area contributed by atoms with E-state index in [2.05, 4.69) is 29.0 Å². The van der Waals surface area contributed by atoms with Crippen molar-refractivity contribution in [3.05, 3.63) is 72.6 Å². The van der Waals surface area contributed by atoms with Crippen molar-refractivity contribution in [3.63, 3.8) is 0 Å². The van der Waals surface area contributed by atoms with Gasteiger partial charge in [-0.2, -0.15) is 0 Å². The van der Waals surface area contributed by atoms with E-state index in [0.29, 0.717) is 11.7 Å². The summed E-state index contributed by atoms with van der Waals surface area (Å²) in [6, 6.07) is 8.20. The number of rotatable bonds is 9. The average molecular weight is 460 g/mol. The largest absolute Gasteiger partial charge is 0.393 e. The van der Waals surface area contributed by atoms with E-state index < -0.39 is 0 Å². The lowest BCUT2D eigenvalue weighted by Crippen LogP contribution is -2.25. The van der Waals surface area contributed by atoms with E-state index in [1.54, 1.807) is 7.05 Å². The van der Waals surface area contributed by atoms with Crippen LogP contribution in [-0.2, 0) is 0 Å². The summed E-state index contributed by atoms with van der Waals surface area (Å²) < 4.78 is 0. The van der Waals surface area contributed by atoms with Gasteiger partial charge in [0.15, 0.2) is 5.82 Å². The summed E-state index contributed by atoms with van der Waals surface area (Å²) >= 11 is 0. The minimum Gasteiger partial charge on any atom is -0.393 e. The molecule has 2 aromatic rings. The molecule has 1 saturated carbocycles. The minimum atomic E-state index is -0.200. The van der Waals surface area contributed by atoms with Crippen LogP contribution in [0.15, 0.2) is 66.5 Å². The Morgan fingerprint density at radius 2 is 2.15 bits per heavy atom. The lowest BCUT2D eigenvalue weighted by atomic mass is 9.87. The Labute approximate surface area is 203 Å². The van der Waals surface area contributed by atoms with Gasteiger partial charge in [0.2, 0.25) is 0 Å². The Balaban J connectivity index is 1.97. The van der Waals surface area contributed by atoms with Crippen LogP contribution >= 0.6 is 0 Å². The third-order valence-electron chi connectivity index (χ3n) is 6.01. The molecule has 6 nitrogen and oxygen atoms in total. The van der Waals surface area contributed by atoms with Crippen molar-refractivity contribution >= 4 is 17.1 Å². The van der Waals surface area contributed by atoms with E-state index in [1.807, 2.05) is 68.7 Å². The van der Waals surface area contributed by atoms with Crippen LogP contribution in [0.5, 0.6) is 0 Å². The van der Waals surface area contributed by atoms with Gasteiger partial charge in [-0.3, -0.25) is 4.99 Å². The molecule has 0 amide bonds. The van der Waals surface area contributed by atoms with Crippen LogP contribution in [0.3, 0.4) is 0 Å². The smallest absolute Gasteiger partial charge is 0.161 e. The fraction of sp³-hybridized carbons (Fsp3) is 0.393. The highest BCUT2D eigenvalue weighted by molar-refractivity contribution is 6.11. The van der Waals surface area contributed by atoms with Crippen LogP contribution in [0, 0.1) is 5.92 Å². The number of aromatic nitrogens is 2. The van der Waals surface area contributed by atoms with Gasteiger partial charge in [0.1, 0.15) is 5.82 Å². The van der Waals surface area contributed by atoms with Gasteiger partial charge in [0.25, 0.3) is 0 Å². The van der Waals surface area contributed by atoms with Crippen molar-refractivity contribution in [2.24, 2.45) is 10.9 Å². The van der Waals surface area contributed by atoms with E-state index in [-0.39, 0.29) is 6.10 Å². The highest BCUT2D eigenvalue weighted by Gasteiger charge is 2.21. The van der Waals surface area contributed by atoms with Gasteiger partial charge in [-0.25, -0.2) is 9.97 Å². The maximum atomic E-state index is 10.1. The highest BCUT2D eigenvalue weighted by Crippen LogP contribution is 2.27. The Kier molecular flexibility index (Phi) is 9.16. The number of nitrogens with zero attached hydrogens (tertiary/aromatic N) is 4. The second kappa shape index (κ2) is 12.3. The van der Waals surface area contributed by atoms with Crippen molar-refractivity contribution in [2.75, 3.05) is 33.0 Å². The van der Waals surface area contributed by atoms with Gasteiger partial charge in [0.05, 0.1) is 17.4 Å². The molecule has 2 atom stereocenters. The number of nitrogens with one attached hydrogen (secondary N) is 1. The van der Waals surface area contributed by atoms with Crippen molar-refractivity contribution in [2.45, 2.75) is 38.7 Å². The van der Waals surface area contributed by atoms with Gasteiger partial charge in [-0.15, -0.1) is 0 Å². The van der Waals surface area contributed by atoms with Crippen LogP contribution in [0.2, 0.25) is 0 Å². The maximum Gasteiger partial charge on any atom is 0.161 e. The summed E-state index contributed by atoms with van der Waals surface area (Å²) in [5.74, 6) is 1.84. The van der Waals surface area contributed by atoms with Crippen molar-refractivity contribution < 1.29 is 5.11 Å². The zero-order chi connectivity index (χ0) is 24.5. The predicted molar refractivity (Wildman–Crippen MR) is 143 cm³/mol. The van der Waals surface area contributed by atoms with Crippen molar-refractivity contribution in [1.82, 2.24) is 14.9 Å². The monoisotopic (exact) mass is 459 g/mol. The lowest BCUT2D eigenvalue weighted by molar-refractivity contribution is 0.104. The zero-order valence-electron chi connectivity index (χ0n) is 20.8. The number of anilines is 1.